The van der Waals surface area contributed by atoms with Crippen LogP contribution in [0.5, 0.6) is 0 Å². The monoisotopic (exact) mass is 438 g/mol. The van der Waals surface area contributed by atoms with Crippen LogP contribution in [0.1, 0.15) is 65.5 Å². The van der Waals surface area contributed by atoms with Crippen LogP contribution in [-0.4, -0.2) is 27.4 Å². The summed E-state index contributed by atoms with van der Waals surface area (Å²) in [6.45, 7) is 3.93. The van der Waals surface area contributed by atoms with E-state index in [0.717, 1.165) is 48.3 Å². The van der Waals surface area contributed by atoms with Gasteiger partial charge in [-0.2, -0.15) is 0 Å². The highest BCUT2D eigenvalue weighted by Crippen LogP contribution is 2.32. The van der Waals surface area contributed by atoms with Gasteiger partial charge >= 0.3 is 0 Å². The van der Waals surface area contributed by atoms with Crippen molar-refractivity contribution in [2.75, 3.05) is 4.90 Å². The fraction of sp³-hybridized carbons (Fsp3) is 0.391. The first-order valence-corrected chi connectivity index (χ1v) is 11.4. The molecule has 0 radical (unpaired) electrons. The average molecular weight is 439 g/mol. The van der Waals surface area contributed by atoms with Crippen LogP contribution in [0.3, 0.4) is 0 Å². The number of nitrogens with zero attached hydrogens (tertiary/aromatic N) is 3. The predicted octanol–water partition coefficient (Wildman–Crippen LogP) is 4.58. The van der Waals surface area contributed by atoms with Crippen LogP contribution in [0.15, 0.2) is 46.4 Å². The largest absolute Gasteiger partial charge is 0.467 e. The Morgan fingerprint density at radius 1 is 1.16 bits per heavy atom. The molecule has 1 atom stereocenters. The molecule has 4 rings (SSSR count). The number of anilines is 1. The van der Waals surface area contributed by atoms with Gasteiger partial charge in [-0.3, -0.25) is 14.5 Å². The van der Waals surface area contributed by atoms with E-state index in [4.69, 9.17) is 4.42 Å². The molecule has 1 aliphatic rings. The highest BCUT2D eigenvalue weighted by molar-refractivity contribution is 7.03. The van der Waals surface area contributed by atoms with Gasteiger partial charge in [-0.15, -0.1) is 5.10 Å². The van der Waals surface area contributed by atoms with E-state index in [9.17, 15) is 9.59 Å². The summed E-state index contributed by atoms with van der Waals surface area (Å²) in [6, 6.07) is 8.44. The second-order valence-electron chi connectivity index (χ2n) is 8.07. The van der Waals surface area contributed by atoms with Crippen molar-refractivity contribution >= 4 is 29.0 Å². The Kier molecular flexibility index (Phi) is 6.46. The Labute approximate surface area is 185 Å². The van der Waals surface area contributed by atoms with Gasteiger partial charge in [-0.1, -0.05) is 29.8 Å². The van der Waals surface area contributed by atoms with E-state index in [1.54, 1.807) is 17.5 Å². The van der Waals surface area contributed by atoms with E-state index in [1.165, 1.54) is 17.6 Å². The van der Waals surface area contributed by atoms with E-state index in [1.807, 2.05) is 32.0 Å². The number of furan rings is 1. The minimum atomic E-state index is -0.952. The van der Waals surface area contributed by atoms with Gasteiger partial charge < -0.3 is 9.73 Å². The predicted molar refractivity (Wildman–Crippen MR) is 119 cm³/mol. The quantitative estimate of drug-likeness (QED) is 0.608. The first kappa shape index (κ1) is 21.2. The highest BCUT2D eigenvalue weighted by Gasteiger charge is 2.37. The standard InChI is InChI=1S/C23H26N4O3S/c1-15-11-16(2)13-18(12-15)27(23(29)19-14-31-26-25-19)21(20-9-6-10-30-20)22(28)24-17-7-4-3-5-8-17/h6,9-14,17,21H,3-5,7-8H2,1-2H3,(H,24,28)/t21-/m0/s1. The second kappa shape index (κ2) is 9.43. The molecule has 2 aromatic heterocycles. The molecule has 2 amide bonds. The molecule has 1 aliphatic carbocycles. The van der Waals surface area contributed by atoms with Crippen LogP contribution in [0, 0.1) is 13.8 Å². The van der Waals surface area contributed by atoms with Gasteiger partial charge in [0.25, 0.3) is 11.8 Å². The Balaban J connectivity index is 1.77. The topological polar surface area (TPSA) is 88.3 Å². The number of aromatic nitrogens is 2. The van der Waals surface area contributed by atoms with E-state index in [2.05, 4.69) is 14.9 Å². The maximum Gasteiger partial charge on any atom is 0.280 e. The number of rotatable bonds is 6. The molecule has 3 aromatic rings. The van der Waals surface area contributed by atoms with Crippen molar-refractivity contribution in [2.45, 2.75) is 58.0 Å². The molecule has 7 nitrogen and oxygen atoms in total. The molecule has 31 heavy (non-hydrogen) atoms. The number of hydrogen-bond acceptors (Lipinski definition) is 6. The summed E-state index contributed by atoms with van der Waals surface area (Å²) in [5.41, 5.74) is 2.81. The first-order chi connectivity index (χ1) is 15.0. The van der Waals surface area contributed by atoms with Crippen molar-refractivity contribution in [1.29, 1.82) is 0 Å². The zero-order valence-corrected chi connectivity index (χ0v) is 18.5. The molecule has 0 saturated heterocycles. The smallest absolute Gasteiger partial charge is 0.280 e. The molecule has 8 heteroatoms. The molecule has 1 N–H and O–H groups in total. The van der Waals surface area contributed by atoms with E-state index < -0.39 is 6.04 Å². The minimum Gasteiger partial charge on any atom is -0.467 e. The molecule has 1 aromatic carbocycles. The van der Waals surface area contributed by atoms with Crippen molar-refractivity contribution < 1.29 is 14.0 Å². The van der Waals surface area contributed by atoms with Gasteiger partial charge in [-0.25, -0.2) is 0 Å². The Hall–Kier alpha value is -3.00. The number of carbonyl (C=O) groups excluding carboxylic acids is 2. The number of amides is 2. The SMILES string of the molecule is Cc1cc(C)cc(N(C(=O)c2csnn2)[C@H](C(=O)NC2CCCCC2)c2ccco2)c1. The summed E-state index contributed by atoms with van der Waals surface area (Å²) in [6.07, 6.45) is 6.80. The molecule has 2 heterocycles. The third-order valence-electron chi connectivity index (χ3n) is 5.55. The van der Waals surface area contributed by atoms with E-state index in [-0.39, 0.29) is 23.6 Å². The van der Waals surface area contributed by atoms with Crippen LogP contribution >= 0.6 is 11.5 Å². The van der Waals surface area contributed by atoms with E-state index >= 15 is 0 Å². The maximum absolute atomic E-state index is 13.6. The van der Waals surface area contributed by atoms with Gasteiger partial charge in [0.2, 0.25) is 0 Å². The second-order valence-corrected chi connectivity index (χ2v) is 8.68. The molecule has 0 aliphatic heterocycles. The van der Waals surface area contributed by atoms with Crippen molar-refractivity contribution in [3.8, 4) is 0 Å². The summed E-state index contributed by atoms with van der Waals surface area (Å²) in [5.74, 6) is -0.236. The molecule has 1 saturated carbocycles. The number of aryl methyl sites for hydroxylation is 2. The highest BCUT2D eigenvalue weighted by atomic mass is 32.1. The third-order valence-corrected chi connectivity index (χ3v) is 6.06. The molecular formula is C23H26N4O3S. The summed E-state index contributed by atoms with van der Waals surface area (Å²) in [4.78, 5) is 28.6. The number of hydrogen-bond donors (Lipinski definition) is 1. The zero-order valence-electron chi connectivity index (χ0n) is 17.7. The molecule has 1 fully saturated rings. The van der Waals surface area contributed by atoms with Crippen molar-refractivity contribution in [1.82, 2.24) is 14.9 Å². The van der Waals surface area contributed by atoms with Crippen molar-refractivity contribution in [3.63, 3.8) is 0 Å². The van der Waals surface area contributed by atoms with Crippen LogP contribution in [0.4, 0.5) is 5.69 Å². The lowest BCUT2D eigenvalue weighted by Gasteiger charge is -2.32. The Morgan fingerprint density at radius 2 is 1.90 bits per heavy atom. The summed E-state index contributed by atoms with van der Waals surface area (Å²) in [5, 5.41) is 8.72. The number of benzene rings is 1. The molecule has 0 bridgehead atoms. The number of carbonyl (C=O) groups is 2. The molecule has 0 spiro atoms. The summed E-state index contributed by atoms with van der Waals surface area (Å²) < 4.78 is 9.48. The van der Waals surface area contributed by atoms with Gasteiger partial charge in [0.15, 0.2) is 11.7 Å². The van der Waals surface area contributed by atoms with Crippen LogP contribution in [0.2, 0.25) is 0 Å². The zero-order chi connectivity index (χ0) is 21.8. The van der Waals surface area contributed by atoms with Crippen LogP contribution in [-0.2, 0) is 4.79 Å². The Morgan fingerprint density at radius 3 is 2.52 bits per heavy atom. The van der Waals surface area contributed by atoms with Crippen LogP contribution < -0.4 is 10.2 Å². The fourth-order valence-corrected chi connectivity index (χ4v) is 4.63. The van der Waals surface area contributed by atoms with Gasteiger partial charge in [-0.05, 0) is 73.6 Å². The van der Waals surface area contributed by atoms with Gasteiger partial charge in [0.05, 0.1) is 6.26 Å². The molecular weight excluding hydrogens is 412 g/mol. The summed E-state index contributed by atoms with van der Waals surface area (Å²) in [7, 11) is 0. The average Bonchev–Trinajstić information content (AvgIpc) is 3.45. The van der Waals surface area contributed by atoms with Crippen molar-refractivity contribution in [3.05, 3.63) is 64.6 Å². The van der Waals surface area contributed by atoms with Crippen molar-refractivity contribution in [2.24, 2.45) is 0 Å². The normalized spacial score (nSPS) is 15.4. The minimum absolute atomic E-state index is 0.107. The maximum atomic E-state index is 13.6. The van der Waals surface area contributed by atoms with E-state index in [0.29, 0.717) is 11.4 Å². The summed E-state index contributed by atoms with van der Waals surface area (Å²) >= 11 is 1.10. The third kappa shape index (κ3) is 4.85. The lowest BCUT2D eigenvalue weighted by atomic mass is 9.95. The number of nitrogens with one attached hydrogen (secondary N) is 1. The fourth-order valence-electron chi connectivity index (χ4n) is 4.20. The van der Waals surface area contributed by atoms with Crippen LogP contribution in [0.25, 0.3) is 0 Å². The lowest BCUT2D eigenvalue weighted by Crippen LogP contribution is -2.47. The first-order valence-electron chi connectivity index (χ1n) is 10.6. The van der Waals surface area contributed by atoms with Gasteiger partial charge in [0, 0.05) is 17.1 Å². The van der Waals surface area contributed by atoms with Gasteiger partial charge in [0.1, 0.15) is 5.76 Å². The molecule has 162 valence electrons. The lowest BCUT2D eigenvalue weighted by molar-refractivity contribution is -0.123. The molecule has 0 unspecified atom stereocenters. The Bertz CT molecular complexity index is 1010.